The van der Waals surface area contributed by atoms with Crippen LogP contribution in [0.1, 0.15) is 24.0 Å². The Morgan fingerprint density at radius 1 is 1.45 bits per heavy atom. The van der Waals surface area contributed by atoms with Crippen LogP contribution >= 0.6 is 15.9 Å². The topological polar surface area (TPSA) is 45.7 Å². The van der Waals surface area contributed by atoms with Crippen LogP contribution in [0.4, 0.5) is 0 Å². The van der Waals surface area contributed by atoms with Crippen molar-refractivity contribution in [2.24, 2.45) is 4.99 Å². The molecule has 1 atom stereocenters. The molecule has 1 fully saturated rings. The van der Waals surface area contributed by atoms with Gasteiger partial charge in [-0.1, -0.05) is 22.0 Å². The van der Waals surface area contributed by atoms with Crippen molar-refractivity contribution in [1.29, 1.82) is 0 Å². The van der Waals surface area contributed by atoms with Gasteiger partial charge in [0.1, 0.15) is 0 Å². The Labute approximate surface area is 129 Å². The van der Waals surface area contributed by atoms with E-state index < -0.39 is 0 Å². The number of aryl methyl sites for hydroxylation is 1. The average Bonchev–Trinajstić information content (AvgIpc) is 2.94. The van der Waals surface area contributed by atoms with Crippen molar-refractivity contribution in [3.63, 3.8) is 0 Å². The van der Waals surface area contributed by atoms with Crippen LogP contribution in [0.3, 0.4) is 0 Å². The van der Waals surface area contributed by atoms with Gasteiger partial charge in [0.05, 0.1) is 6.10 Å². The normalized spacial score (nSPS) is 19.1. The Morgan fingerprint density at radius 3 is 2.95 bits per heavy atom. The number of ether oxygens (including phenoxy) is 1. The van der Waals surface area contributed by atoms with Crippen molar-refractivity contribution < 1.29 is 4.74 Å². The SMILES string of the molecule is CN=C(NCc1ccc(Br)cc1C)NCC1CCCO1. The van der Waals surface area contributed by atoms with Gasteiger partial charge in [-0.05, 0) is 43.0 Å². The number of nitrogens with zero attached hydrogens (tertiary/aromatic N) is 1. The lowest BCUT2D eigenvalue weighted by Crippen LogP contribution is -2.40. The molecule has 0 aromatic heterocycles. The summed E-state index contributed by atoms with van der Waals surface area (Å²) in [6, 6.07) is 6.31. The molecule has 5 heteroatoms. The summed E-state index contributed by atoms with van der Waals surface area (Å²) in [4.78, 5) is 4.24. The molecule has 1 aromatic rings. The van der Waals surface area contributed by atoms with Gasteiger partial charge in [0.2, 0.25) is 0 Å². The van der Waals surface area contributed by atoms with E-state index in [1.165, 1.54) is 11.1 Å². The van der Waals surface area contributed by atoms with Gasteiger partial charge in [0, 0.05) is 31.2 Å². The van der Waals surface area contributed by atoms with Crippen LogP contribution in [0.5, 0.6) is 0 Å². The fourth-order valence-electron chi connectivity index (χ4n) is 2.27. The molecule has 2 rings (SSSR count). The molecule has 20 heavy (non-hydrogen) atoms. The maximum atomic E-state index is 5.59. The predicted octanol–water partition coefficient (Wildman–Crippen LogP) is 2.60. The van der Waals surface area contributed by atoms with Gasteiger partial charge in [0.25, 0.3) is 0 Å². The summed E-state index contributed by atoms with van der Waals surface area (Å²) in [7, 11) is 1.79. The number of hydrogen-bond donors (Lipinski definition) is 2. The standard InChI is InChI=1S/C15H22BrN3O/c1-11-8-13(16)6-5-12(11)9-18-15(17-2)19-10-14-4-3-7-20-14/h5-6,8,14H,3-4,7,9-10H2,1-2H3,(H2,17,18,19). The molecule has 1 aromatic carbocycles. The molecular formula is C15H22BrN3O. The molecule has 0 amide bonds. The highest BCUT2D eigenvalue weighted by atomic mass is 79.9. The summed E-state index contributed by atoms with van der Waals surface area (Å²) in [6.07, 6.45) is 2.62. The smallest absolute Gasteiger partial charge is 0.191 e. The van der Waals surface area contributed by atoms with E-state index >= 15 is 0 Å². The maximum absolute atomic E-state index is 5.59. The summed E-state index contributed by atoms with van der Waals surface area (Å²) in [5, 5.41) is 6.66. The number of benzene rings is 1. The quantitative estimate of drug-likeness (QED) is 0.654. The van der Waals surface area contributed by atoms with Gasteiger partial charge in [-0.15, -0.1) is 0 Å². The highest BCUT2D eigenvalue weighted by molar-refractivity contribution is 9.10. The molecule has 0 bridgehead atoms. The first kappa shape index (κ1) is 15.3. The Kier molecular flexibility index (Phi) is 5.86. The fourth-order valence-corrected chi connectivity index (χ4v) is 2.75. The van der Waals surface area contributed by atoms with Crippen LogP contribution in [0.25, 0.3) is 0 Å². The summed E-state index contributed by atoms with van der Waals surface area (Å²) in [5.74, 6) is 0.822. The average molecular weight is 340 g/mol. The summed E-state index contributed by atoms with van der Waals surface area (Å²) in [6.45, 7) is 4.59. The second-order valence-electron chi connectivity index (χ2n) is 5.01. The molecule has 1 aliphatic heterocycles. The number of nitrogens with one attached hydrogen (secondary N) is 2. The number of rotatable bonds is 4. The molecule has 1 unspecified atom stereocenters. The molecule has 0 aliphatic carbocycles. The van der Waals surface area contributed by atoms with E-state index in [4.69, 9.17) is 4.74 Å². The molecule has 1 heterocycles. The number of hydrogen-bond acceptors (Lipinski definition) is 2. The van der Waals surface area contributed by atoms with Gasteiger partial charge in [-0.3, -0.25) is 4.99 Å². The van der Waals surface area contributed by atoms with Gasteiger partial charge >= 0.3 is 0 Å². The Hall–Kier alpha value is -1.07. The third-order valence-corrected chi connectivity index (χ3v) is 3.99. The maximum Gasteiger partial charge on any atom is 0.191 e. The summed E-state index contributed by atoms with van der Waals surface area (Å²) >= 11 is 3.48. The molecule has 0 radical (unpaired) electrons. The van der Waals surface area contributed by atoms with E-state index in [-0.39, 0.29) is 0 Å². The molecule has 1 aliphatic rings. The second kappa shape index (κ2) is 7.64. The summed E-state index contributed by atoms with van der Waals surface area (Å²) in [5.41, 5.74) is 2.54. The fraction of sp³-hybridized carbons (Fsp3) is 0.533. The lowest BCUT2D eigenvalue weighted by atomic mass is 10.1. The number of guanidine groups is 1. The predicted molar refractivity (Wildman–Crippen MR) is 86.1 cm³/mol. The van der Waals surface area contributed by atoms with Crippen LogP contribution in [-0.4, -0.2) is 32.3 Å². The monoisotopic (exact) mass is 339 g/mol. The summed E-state index contributed by atoms with van der Waals surface area (Å²) < 4.78 is 6.70. The van der Waals surface area contributed by atoms with E-state index in [1.807, 2.05) is 0 Å². The van der Waals surface area contributed by atoms with Crippen molar-refractivity contribution in [3.8, 4) is 0 Å². The van der Waals surface area contributed by atoms with Crippen molar-refractivity contribution >= 4 is 21.9 Å². The zero-order chi connectivity index (χ0) is 14.4. The molecule has 4 nitrogen and oxygen atoms in total. The zero-order valence-corrected chi connectivity index (χ0v) is 13.7. The molecular weight excluding hydrogens is 318 g/mol. The number of halogens is 1. The Bertz CT molecular complexity index is 470. The van der Waals surface area contributed by atoms with Crippen LogP contribution < -0.4 is 10.6 Å². The molecule has 0 saturated carbocycles. The van der Waals surface area contributed by atoms with Gasteiger partial charge in [-0.2, -0.15) is 0 Å². The van der Waals surface area contributed by atoms with Crippen LogP contribution in [0.2, 0.25) is 0 Å². The van der Waals surface area contributed by atoms with Crippen molar-refractivity contribution in [3.05, 3.63) is 33.8 Å². The van der Waals surface area contributed by atoms with E-state index in [0.717, 1.165) is 43.0 Å². The highest BCUT2D eigenvalue weighted by Crippen LogP contribution is 2.15. The van der Waals surface area contributed by atoms with Crippen molar-refractivity contribution in [2.75, 3.05) is 20.2 Å². The van der Waals surface area contributed by atoms with E-state index in [9.17, 15) is 0 Å². The van der Waals surface area contributed by atoms with E-state index in [1.54, 1.807) is 7.05 Å². The minimum Gasteiger partial charge on any atom is -0.376 e. The second-order valence-corrected chi connectivity index (χ2v) is 5.93. The van der Waals surface area contributed by atoms with Gasteiger partial charge in [0.15, 0.2) is 5.96 Å². The van der Waals surface area contributed by atoms with Crippen molar-refractivity contribution in [1.82, 2.24) is 10.6 Å². The van der Waals surface area contributed by atoms with Gasteiger partial charge < -0.3 is 15.4 Å². The third-order valence-electron chi connectivity index (χ3n) is 3.50. The lowest BCUT2D eigenvalue weighted by molar-refractivity contribution is 0.114. The van der Waals surface area contributed by atoms with Crippen LogP contribution in [0.15, 0.2) is 27.7 Å². The minimum absolute atomic E-state index is 0.322. The molecule has 2 N–H and O–H groups in total. The first-order chi connectivity index (χ1) is 9.69. The Balaban J connectivity index is 1.81. The first-order valence-electron chi connectivity index (χ1n) is 7.00. The molecule has 110 valence electrons. The van der Waals surface area contributed by atoms with Crippen molar-refractivity contribution in [2.45, 2.75) is 32.4 Å². The van der Waals surface area contributed by atoms with Gasteiger partial charge in [-0.25, -0.2) is 0 Å². The largest absolute Gasteiger partial charge is 0.376 e. The van der Waals surface area contributed by atoms with E-state index in [2.05, 4.69) is 56.7 Å². The molecule has 1 saturated heterocycles. The highest BCUT2D eigenvalue weighted by Gasteiger charge is 2.15. The molecule has 0 spiro atoms. The lowest BCUT2D eigenvalue weighted by Gasteiger charge is -2.15. The first-order valence-corrected chi connectivity index (χ1v) is 7.79. The Morgan fingerprint density at radius 2 is 2.30 bits per heavy atom. The van der Waals surface area contributed by atoms with E-state index in [0.29, 0.717) is 6.10 Å². The van der Waals surface area contributed by atoms with Crippen LogP contribution in [0, 0.1) is 6.92 Å². The minimum atomic E-state index is 0.322. The zero-order valence-electron chi connectivity index (χ0n) is 12.1. The third kappa shape index (κ3) is 4.49. The van der Waals surface area contributed by atoms with Crippen LogP contribution in [-0.2, 0) is 11.3 Å². The number of aliphatic imine (C=N–C) groups is 1.